The number of hydrogen-bond acceptors (Lipinski definition) is 7. The summed E-state index contributed by atoms with van der Waals surface area (Å²) in [5, 5.41) is 15.0. The Kier molecular flexibility index (Phi) is 10.8. The molecule has 1 aromatic carbocycles. The molecule has 1 aromatic heterocycles. The average molecular weight is 622 g/mol. The van der Waals surface area contributed by atoms with Gasteiger partial charge in [-0.25, -0.2) is 14.6 Å². The Labute approximate surface area is 265 Å². The second-order valence-corrected chi connectivity index (χ2v) is 13.0. The zero-order valence-corrected chi connectivity index (χ0v) is 27.0. The first-order chi connectivity index (χ1) is 21.5. The minimum absolute atomic E-state index is 0.0355. The molecule has 10 heteroatoms. The number of nitrogens with zero attached hydrogens (tertiary/aromatic N) is 2. The third-order valence-electron chi connectivity index (χ3n) is 9.25. The van der Waals surface area contributed by atoms with Crippen molar-refractivity contribution in [1.82, 2.24) is 15.2 Å². The van der Waals surface area contributed by atoms with E-state index in [2.05, 4.69) is 23.5 Å². The third-order valence-corrected chi connectivity index (χ3v) is 9.25. The lowest BCUT2D eigenvalue weighted by molar-refractivity contribution is -0.158. The highest BCUT2D eigenvalue weighted by molar-refractivity contribution is 5.93. The summed E-state index contributed by atoms with van der Waals surface area (Å²) in [6.45, 7) is 13.5. The van der Waals surface area contributed by atoms with Gasteiger partial charge in [-0.15, -0.1) is 6.58 Å². The lowest BCUT2D eigenvalue weighted by Gasteiger charge is -2.38. The molecule has 244 valence electrons. The van der Waals surface area contributed by atoms with Gasteiger partial charge in [0.25, 0.3) is 0 Å². The summed E-state index contributed by atoms with van der Waals surface area (Å²) in [4.78, 5) is 46.3. The Morgan fingerprint density at radius 2 is 1.96 bits per heavy atom. The number of allylic oxidation sites excluding steroid dienone is 1. The molecule has 2 N–H and O–H groups in total. The van der Waals surface area contributed by atoms with E-state index < -0.39 is 35.7 Å². The second-order valence-electron chi connectivity index (χ2n) is 13.0. The van der Waals surface area contributed by atoms with Gasteiger partial charge in [0.1, 0.15) is 23.4 Å². The topological polar surface area (TPSA) is 127 Å². The van der Waals surface area contributed by atoms with Crippen molar-refractivity contribution in [3.8, 4) is 11.6 Å². The largest absolute Gasteiger partial charge is 0.496 e. The van der Waals surface area contributed by atoms with Crippen LogP contribution >= 0.6 is 0 Å². The zero-order chi connectivity index (χ0) is 32.8. The number of rotatable bonds is 13. The predicted octanol–water partition coefficient (Wildman–Crippen LogP) is 6.38. The number of carboxylic acids is 1. The van der Waals surface area contributed by atoms with Gasteiger partial charge in [0.15, 0.2) is 0 Å². The fourth-order valence-electron chi connectivity index (χ4n) is 6.67. The SMILES string of the molecule is C=CCC(C)(C)COC(=O)N[C@H](C(=O)N1C[C@H](Oc2nccc3cc(OC)c(C=C)cc23)C[C@@]1(CC)C(=O)O)C1CCCCC1. The van der Waals surface area contributed by atoms with E-state index in [1.54, 1.807) is 32.4 Å². The molecule has 2 aromatic rings. The molecule has 0 unspecified atom stereocenters. The number of aliphatic carboxylic acids is 1. The van der Waals surface area contributed by atoms with Crippen molar-refractivity contribution < 1.29 is 33.7 Å². The van der Waals surface area contributed by atoms with Crippen LogP contribution in [0.3, 0.4) is 0 Å². The summed E-state index contributed by atoms with van der Waals surface area (Å²) in [5.41, 5.74) is -1.05. The minimum Gasteiger partial charge on any atom is -0.496 e. The van der Waals surface area contributed by atoms with Crippen molar-refractivity contribution in [2.45, 2.75) is 89.8 Å². The second kappa shape index (κ2) is 14.3. The summed E-state index contributed by atoms with van der Waals surface area (Å²) in [6, 6.07) is 4.67. The van der Waals surface area contributed by atoms with E-state index in [9.17, 15) is 19.5 Å². The monoisotopic (exact) mass is 621 g/mol. The number of ether oxygens (including phenoxy) is 3. The van der Waals surface area contributed by atoms with Crippen LogP contribution in [0.5, 0.6) is 11.6 Å². The Balaban J connectivity index is 1.62. The van der Waals surface area contributed by atoms with E-state index in [1.807, 2.05) is 32.0 Å². The molecule has 3 atom stereocenters. The number of carbonyl (C=O) groups is 3. The first-order valence-electron chi connectivity index (χ1n) is 15.8. The molecule has 1 aliphatic carbocycles. The van der Waals surface area contributed by atoms with E-state index in [0.29, 0.717) is 18.1 Å². The van der Waals surface area contributed by atoms with Gasteiger partial charge in [-0.05, 0) is 55.2 Å². The van der Waals surface area contributed by atoms with Gasteiger partial charge in [0, 0.05) is 29.0 Å². The van der Waals surface area contributed by atoms with E-state index in [4.69, 9.17) is 14.2 Å². The highest BCUT2D eigenvalue weighted by Gasteiger charge is 2.55. The van der Waals surface area contributed by atoms with Gasteiger partial charge in [0.2, 0.25) is 11.8 Å². The van der Waals surface area contributed by atoms with Crippen LogP contribution in [0.2, 0.25) is 0 Å². The molecule has 1 saturated heterocycles. The molecule has 1 aliphatic heterocycles. The van der Waals surface area contributed by atoms with Crippen LogP contribution < -0.4 is 14.8 Å². The number of fused-ring (bicyclic) bond motifs is 1. The number of carbonyl (C=O) groups excluding carboxylic acids is 2. The van der Waals surface area contributed by atoms with Gasteiger partial charge in [0.05, 0.1) is 20.3 Å². The predicted molar refractivity (Wildman–Crippen MR) is 173 cm³/mol. The first kappa shape index (κ1) is 33.8. The Morgan fingerprint density at radius 1 is 1.22 bits per heavy atom. The standard InChI is InChI=1S/C35H47N3O7/c1-7-16-34(4,5)22-44-33(42)37-29(24-13-11-10-12-14-24)31(39)38-21-26(20-35(38,9-3)32(40)41)45-30-27-18-23(8-2)28(43-6)19-25(27)15-17-36-30/h7-8,15,17-19,24,26,29H,1-2,9-14,16,20-22H2,3-6H3,(H,37,42)(H,40,41)/t26-,29+,35+/m1/s1. The zero-order valence-electron chi connectivity index (χ0n) is 27.0. The van der Waals surface area contributed by atoms with Crippen molar-refractivity contribution in [3.05, 3.63) is 49.2 Å². The Bertz CT molecular complexity index is 1420. The summed E-state index contributed by atoms with van der Waals surface area (Å²) in [6.07, 6.45) is 9.11. The van der Waals surface area contributed by atoms with E-state index in [1.165, 1.54) is 4.90 Å². The molecule has 2 fully saturated rings. The Morgan fingerprint density at radius 3 is 2.58 bits per heavy atom. The molecule has 45 heavy (non-hydrogen) atoms. The number of pyridine rings is 1. The highest BCUT2D eigenvalue weighted by atomic mass is 16.5. The van der Waals surface area contributed by atoms with Gasteiger partial charge < -0.3 is 29.5 Å². The summed E-state index contributed by atoms with van der Waals surface area (Å²) < 4.78 is 17.4. The van der Waals surface area contributed by atoms with Crippen molar-refractivity contribution in [1.29, 1.82) is 0 Å². The first-order valence-corrected chi connectivity index (χ1v) is 15.8. The van der Waals surface area contributed by atoms with Gasteiger partial charge in [-0.3, -0.25) is 4.79 Å². The number of benzene rings is 1. The number of nitrogens with one attached hydrogen (secondary N) is 1. The summed E-state index contributed by atoms with van der Waals surface area (Å²) in [5.74, 6) is -0.669. The van der Waals surface area contributed by atoms with Crippen molar-refractivity contribution in [2.75, 3.05) is 20.3 Å². The quantitative estimate of drug-likeness (QED) is 0.247. The fraction of sp³-hybridized carbons (Fsp3) is 0.543. The maximum Gasteiger partial charge on any atom is 0.407 e. The van der Waals surface area contributed by atoms with Crippen molar-refractivity contribution >= 4 is 34.8 Å². The van der Waals surface area contributed by atoms with E-state index in [0.717, 1.165) is 48.4 Å². The van der Waals surface area contributed by atoms with Crippen LogP contribution in [0.4, 0.5) is 4.79 Å². The number of alkyl carbamates (subject to hydrolysis) is 1. The van der Waals surface area contributed by atoms with Crippen LogP contribution in [0.15, 0.2) is 43.6 Å². The maximum absolute atomic E-state index is 14.4. The van der Waals surface area contributed by atoms with Crippen LogP contribution in [0.25, 0.3) is 16.8 Å². The number of hydrogen-bond donors (Lipinski definition) is 2. The molecule has 2 amide bonds. The molecule has 10 nitrogen and oxygen atoms in total. The smallest absolute Gasteiger partial charge is 0.407 e. The summed E-state index contributed by atoms with van der Waals surface area (Å²) in [7, 11) is 1.59. The number of likely N-dealkylation sites (tertiary alicyclic amines) is 1. The fourth-order valence-corrected chi connectivity index (χ4v) is 6.67. The minimum atomic E-state index is -1.51. The molecule has 2 aliphatic rings. The van der Waals surface area contributed by atoms with E-state index in [-0.39, 0.29) is 37.3 Å². The molecule has 0 spiro atoms. The van der Waals surface area contributed by atoms with Crippen molar-refractivity contribution in [2.24, 2.45) is 11.3 Å². The molecule has 0 radical (unpaired) electrons. The van der Waals surface area contributed by atoms with E-state index >= 15 is 0 Å². The number of carboxylic acid groups (broad SMARTS) is 1. The van der Waals surface area contributed by atoms with Gasteiger partial charge in [-0.2, -0.15) is 0 Å². The molecular formula is C35H47N3O7. The van der Waals surface area contributed by atoms with Gasteiger partial charge in [-0.1, -0.05) is 58.8 Å². The van der Waals surface area contributed by atoms with Crippen LogP contribution in [-0.2, 0) is 14.3 Å². The lowest BCUT2D eigenvalue weighted by atomic mass is 9.82. The number of amides is 2. The lowest BCUT2D eigenvalue weighted by Crippen LogP contribution is -2.60. The molecule has 2 heterocycles. The average Bonchev–Trinajstić information content (AvgIpc) is 3.42. The van der Waals surface area contributed by atoms with Crippen molar-refractivity contribution in [3.63, 3.8) is 0 Å². The number of aromatic nitrogens is 1. The molecule has 1 saturated carbocycles. The van der Waals surface area contributed by atoms with Crippen LogP contribution in [0.1, 0.15) is 77.7 Å². The number of methoxy groups -OCH3 is 1. The van der Waals surface area contributed by atoms with Gasteiger partial charge >= 0.3 is 12.1 Å². The highest BCUT2D eigenvalue weighted by Crippen LogP contribution is 2.39. The summed E-state index contributed by atoms with van der Waals surface area (Å²) >= 11 is 0. The van der Waals surface area contributed by atoms with Crippen LogP contribution in [0, 0.1) is 11.3 Å². The van der Waals surface area contributed by atoms with Crippen LogP contribution in [-0.4, -0.2) is 70.9 Å². The third kappa shape index (κ3) is 7.43. The normalized spacial score (nSPS) is 21.2. The maximum atomic E-state index is 14.4. The molecule has 0 bridgehead atoms. The Hall–Kier alpha value is -4.08. The molecule has 4 rings (SSSR count). The molecular weight excluding hydrogens is 574 g/mol.